The van der Waals surface area contributed by atoms with Crippen LogP contribution in [-0.2, 0) is 6.42 Å². The Morgan fingerprint density at radius 1 is 1.38 bits per heavy atom. The number of benzene rings is 1. The summed E-state index contributed by atoms with van der Waals surface area (Å²) in [5.74, 6) is 0. The van der Waals surface area contributed by atoms with Gasteiger partial charge in [0, 0.05) is 11.6 Å². The molecule has 1 aromatic carbocycles. The molecule has 1 aromatic heterocycles. The second-order valence-corrected chi connectivity index (χ2v) is 3.63. The van der Waals surface area contributed by atoms with E-state index in [-0.39, 0.29) is 0 Å². The second-order valence-electron chi connectivity index (χ2n) is 3.23. The van der Waals surface area contributed by atoms with Gasteiger partial charge in [0.05, 0.1) is 10.5 Å². The molecule has 0 aliphatic rings. The molecular formula is C11H12ClN. The predicted octanol–water partition coefficient (Wildman–Crippen LogP) is 3.77. The largest absolute Gasteiger partial charge is 0.360 e. The molecule has 1 N–H and O–H groups in total. The number of aromatic nitrogens is 1. The summed E-state index contributed by atoms with van der Waals surface area (Å²) in [6, 6.07) is 6.02. The fourth-order valence-corrected chi connectivity index (χ4v) is 1.88. The van der Waals surface area contributed by atoms with E-state index in [9.17, 15) is 0 Å². The summed E-state index contributed by atoms with van der Waals surface area (Å²) in [6.45, 7) is 2.18. The lowest BCUT2D eigenvalue weighted by Gasteiger charge is -1.96. The van der Waals surface area contributed by atoms with Crippen LogP contribution in [0.4, 0.5) is 0 Å². The Morgan fingerprint density at radius 2 is 2.23 bits per heavy atom. The zero-order chi connectivity index (χ0) is 9.26. The summed E-state index contributed by atoms with van der Waals surface area (Å²) in [7, 11) is 0. The predicted molar refractivity (Wildman–Crippen MR) is 57.3 cm³/mol. The summed E-state index contributed by atoms with van der Waals surface area (Å²) in [6.07, 6.45) is 4.33. The average molecular weight is 194 g/mol. The van der Waals surface area contributed by atoms with Crippen molar-refractivity contribution in [3.05, 3.63) is 35.0 Å². The molecule has 2 rings (SSSR count). The third-order valence-corrected chi connectivity index (χ3v) is 2.58. The van der Waals surface area contributed by atoms with E-state index in [4.69, 9.17) is 11.6 Å². The molecular weight excluding hydrogens is 182 g/mol. The van der Waals surface area contributed by atoms with E-state index in [1.54, 1.807) is 0 Å². The number of halogens is 1. The molecule has 0 radical (unpaired) electrons. The van der Waals surface area contributed by atoms with Crippen LogP contribution in [0.2, 0.25) is 5.02 Å². The van der Waals surface area contributed by atoms with Crippen molar-refractivity contribution in [1.82, 2.24) is 4.98 Å². The third-order valence-electron chi connectivity index (χ3n) is 2.27. The molecule has 0 atom stereocenters. The van der Waals surface area contributed by atoms with E-state index in [0.717, 1.165) is 17.0 Å². The molecule has 0 saturated heterocycles. The Morgan fingerprint density at radius 3 is 3.00 bits per heavy atom. The van der Waals surface area contributed by atoms with E-state index in [1.807, 2.05) is 12.1 Å². The number of aryl methyl sites for hydroxylation is 1. The van der Waals surface area contributed by atoms with Gasteiger partial charge in [-0.25, -0.2) is 0 Å². The molecule has 0 aliphatic heterocycles. The molecule has 68 valence electrons. The summed E-state index contributed by atoms with van der Waals surface area (Å²) in [5, 5.41) is 2.06. The Labute approximate surface area is 82.7 Å². The fourth-order valence-electron chi connectivity index (χ4n) is 1.65. The summed E-state index contributed by atoms with van der Waals surface area (Å²) < 4.78 is 0. The standard InChI is InChI=1S/C11H12ClN/c1-2-4-8-7-13-11-9(8)5-3-6-10(11)12/h3,5-7,13H,2,4H2,1H3. The molecule has 1 heterocycles. The highest BCUT2D eigenvalue weighted by atomic mass is 35.5. The molecule has 0 amide bonds. The van der Waals surface area contributed by atoms with Crippen molar-refractivity contribution in [2.24, 2.45) is 0 Å². The smallest absolute Gasteiger partial charge is 0.0647 e. The van der Waals surface area contributed by atoms with Crippen molar-refractivity contribution in [2.45, 2.75) is 19.8 Å². The fraction of sp³-hybridized carbons (Fsp3) is 0.273. The number of fused-ring (bicyclic) bond motifs is 1. The van der Waals surface area contributed by atoms with Crippen molar-refractivity contribution in [3.8, 4) is 0 Å². The van der Waals surface area contributed by atoms with Gasteiger partial charge in [-0.2, -0.15) is 0 Å². The zero-order valence-electron chi connectivity index (χ0n) is 7.60. The maximum absolute atomic E-state index is 6.04. The Kier molecular flexibility index (Phi) is 2.28. The number of para-hydroxylation sites is 1. The maximum Gasteiger partial charge on any atom is 0.0647 e. The van der Waals surface area contributed by atoms with E-state index >= 15 is 0 Å². The van der Waals surface area contributed by atoms with E-state index in [1.165, 1.54) is 17.4 Å². The van der Waals surface area contributed by atoms with Gasteiger partial charge in [-0.1, -0.05) is 37.1 Å². The number of hydrogen-bond acceptors (Lipinski definition) is 0. The van der Waals surface area contributed by atoms with Crippen LogP contribution in [0.1, 0.15) is 18.9 Å². The minimum absolute atomic E-state index is 0.805. The Hall–Kier alpha value is -0.950. The lowest BCUT2D eigenvalue weighted by atomic mass is 10.1. The van der Waals surface area contributed by atoms with Crippen LogP contribution in [0.25, 0.3) is 10.9 Å². The average Bonchev–Trinajstić information content (AvgIpc) is 2.51. The highest BCUT2D eigenvalue weighted by Gasteiger charge is 2.04. The summed E-state index contributed by atoms with van der Waals surface area (Å²) in [4.78, 5) is 3.21. The summed E-state index contributed by atoms with van der Waals surface area (Å²) in [5.41, 5.74) is 2.42. The Balaban J connectivity index is 2.61. The van der Waals surface area contributed by atoms with Gasteiger partial charge in [0.15, 0.2) is 0 Å². The topological polar surface area (TPSA) is 15.8 Å². The lowest BCUT2D eigenvalue weighted by Crippen LogP contribution is -1.78. The third kappa shape index (κ3) is 1.44. The van der Waals surface area contributed by atoms with Crippen molar-refractivity contribution in [3.63, 3.8) is 0 Å². The molecule has 0 fully saturated rings. The highest BCUT2D eigenvalue weighted by Crippen LogP contribution is 2.25. The van der Waals surface area contributed by atoms with E-state index < -0.39 is 0 Å². The van der Waals surface area contributed by atoms with Crippen LogP contribution >= 0.6 is 11.6 Å². The molecule has 2 heteroatoms. The van der Waals surface area contributed by atoms with Crippen LogP contribution in [0.5, 0.6) is 0 Å². The van der Waals surface area contributed by atoms with Crippen LogP contribution in [0.3, 0.4) is 0 Å². The van der Waals surface area contributed by atoms with Crippen molar-refractivity contribution in [1.29, 1.82) is 0 Å². The summed E-state index contributed by atoms with van der Waals surface area (Å²) >= 11 is 6.04. The number of nitrogens with one attached hydrogen (secondary N) is 1. The molecule has 0 saturated carbocycles. The number of hydrogen-bond donors (Lipinski definition) is 1. The van der Waals surface area contributed by atoms with E-state index in [0.29, 0.717) is 0 Å². The van der Waals surface area contributed by atoms with Gasteiger partial charge in [-0.3, -0.25) is 0 Å². The van der Waals surface area contributed by atoms with Gasteiger partial charge in [0.2, 0.25) is 0 Å². The Bertz CT molecular complexity index is 417. The molecule has 0 unspecified atom stereocenters. The van der Waals surface area contributed by atoms with Gasteiger partial charge in [0.25, 0.3) is 0 Å². The van der Waals surface area contributed by atoms with Gasteiger partial charge < -0.3 is 4.98 Å². The number of rotatable bonds is 2. The lowest BCUT2D eigenvalue weighted by molar-refractivity contribution is 0.929. The first-order valence-electron chi connectivity index (χ1n) is 4.57. The quantitative estimate of drug-likeness (QED) is 0.748. The highest BCUT2D eigenvalue weighted by molar-refractivity contribution is 6.35. The van der Waals surface area contributed by atoms with Crippen molar-refractivity contribution in [2.75, 3.05) is 0 Å². The van der Waals surface area contributed by atoms with Gasteiger partial charge in [0.1, 0.15) is 0 Å². The number of aromatic amines is 1. The van der Waals surface area contributed by atoms with E-state index in [2.05, 4.69) is 24.2 Å². The van der Waals surface area contributed by atoms with Gasteiger partial charge in [-0.05, 0) is 18.1 Å². The molecule has 0 bridgehead atoms. The minimum atomic E-state index is 0.805. The molecule has 0 spiro atoms. The zero-order valence-corrected chi connectivity index (χ0v) is 8.36. The second kappa shape index (κ2) is 3.43. The van der Waals surface area contributed by atoms with Crippen LogP contribution in [0, 0.1) is 0 Å². The normalized spacial score (nSPS) is 10.9. The van der Waals surface area contributed by atoms with Gasteiger partial charge >= 0.3 is 0 Å². The van der Waals surface area contributed by atoms with Crippen molar-refractivity contribution < 1.29 is 0 Å². The maximum atomic E-state index is 6.04. The minimum Gasteiger partial charge on any atom is -0.360 e. The first-order chi connectivity index (χ1) is 6.33. The first-order valence-corrected chi connectivity index (χ1v) is 4.95. The van der Waals surface area contributed by atoms with Gasteiger partial charge in [-0.15, -0.1) is 0 Å². The SMILES string of the molecule is CCCc1c[nH]c2c(Cl)cccc12. The first kappa shape index (κ1) is 8.64. The molecule has 2 aromatic rings. The van der Waals surface area contributed by atoms with Crippen LogP contribution < -0.4 is 0 Å². The van der Waals surface area contributed by atoms with Crippen molar-refractivity contribution >= 4 is 22.5 Å². The number of H-pyrrole nitrogens is 1. The molecule has 13 heavy (non-hydrogen) atoms. The van der Waals surface area contributed by atoms with Crippen LogP contribution in [0.15, 0.2) is 24.4 Å². The molecule has 1 nitrogen and oxygen atoms in total. The monoisotopic (exact) mass is 193 g/mol. The van der Waals surface area contributed by atoms with Crippen LogP contribution in [-0.4, -0.2) is 4.98 Å². The molecule has 0 aliphatic carbocycles.